The third-order valence-corrected chi connectivity index (χ3v) is 2.97. The Morgan fingerprint density at radius 2 is 1.95 bits per heavy atom. The highest BCUT2D eigenvalue weighted by Crippen LogP contribution is 2.35. The van der Waals surface area contributed by atoms with Crippen LogP contribution in [0, 0.1) is 6.92 Å². The molecule has 2 aromatic rings. The van der Waals surface area contributed by atoms with Gasteiger partial charge in [0, 0.05) is 12.6 Å². The van der Waals surface area contributed by atoms with E-state index < -0.39 is 0 Å². The molecule has 0 fully saturated rings. The predicted octanol–water partition coefficient (Wildman–Crippen LogP) is 3.40. The lowest BCUT2D eigenvalue weighted by Gasteiger charge is -2.22. The first-order chi connectivity index (χ1) is 8.77. The molecule has 1 aromatic heterocycles. The van der Waals surface area contributed by atoms with E-state index in [4.69, 9.17) is 10.5 Å². The fourth-order valence-electron chi connectivity index (χ4n) is 2.00. The van der Waals surface area contributed by atoms with E-state index in [-0.39, 0.29) is 5.41 Å². The van der Waals surface area contributed by atoms with E-state index in [1.165, 1.54) is 0 Å². The summed E-state index contributed by atoms with van der Waals surface area (Å²) >= 11 is 0. The number of aromatic nitrogens is 2. The normalized spacial score (nSPS) is 11.6. The molecule has 0 radical (unpaired) electrons. The summed E-state index contributed by atoms with van der Waals surface area (Å²) in [5.74, 6) is 1.27. The molecule has 19 heavy (non-hydrogen) atoms. The zero-order valence-corrected chi connectivity index (χ0v) is 12.2. The molecule has 0 aliphatic heterocycles. The average molecular weight is 259 g/mol. The van der Waals surface area contributed by atoms with Crippen LogP contribution in [0.15, 0.2) is 24.4 Å². The largest absolute Gasteiger partial charge is 0.436 e. The third-order valence-electron chi connectivity index (χ3n) is 2.97. The number of aryl methyl sites for hydroxylation is 2. The molecule has 0 saturated carbocycles. The summed E-state index contributed by atoms with van der Waals surface area (Å²) in [6, 6.07) is 6.22. The van der Waals surface area contributed by atoms with Gasteiger partial charge in [-0.3, -0.25) is 4.68 Å². The second-order valence-electron chi connectivity index (χ2n) is 5.91. The molecule has 0 bridgehead atoms. The van der Waals surface area contributed by atoms with E-state index in [1.54, 1.807) is 10.9 Å². The number of nitrogens with zero attached hydrogens (tertiary/aromatic N) is 2. The smallest absolute Gasteiger partial charge is 0.261 e. The Labute approximate surface area is 114 Å². The zero-order chi connectivity index (χ0) is 14.2. The Bertz CT molecular complexity index is 594. The summed E-state index contributed by atoms with van der Waals surface area (Å²) in [7, 11) is 1.82. The van der Waals surface area contributed by atoms with Crippen molar-refractivity contribution >= 4 is 5.69 Å². The van der Waals surface area contributed by atoms with E-state index >= 15 is 0 Å². The van der Waals surface area contributed by atoms with Crippen LogP contribution in [0.2, 0.25) is 0 Å². The molecule has 4 heteroatoms. The van der Waals surface area contributed by atoms with Gasteiger partial charge in [0.05, 0.1) is 6.20 Å². The van der Waals surface area contributed by atoms with Crippen LogP contribution in [0.4, 0.5) is 5.69 Å². The molecule has 0 aliphatic carbocycles. The molecule has 102 valence electrons. The number of hydrogen-bond acceptors (Lipinski definition) is 3. The van der Waals surface area contributed by atoms with Crippen LogP contribution >= 0.6 is 0 Å². The van der Waals surface area contributed by atoms with Gasteiger partial charge in [0.15, 0.2) is 0 Å². The lowest BCUT2D eigenvalue weighted by Crippen LogP contribution is -2.12. The molecule has 1 aromatic carbocycles. The van der Waals surface area contributed by atoms with E-state index in [9.17, 15) is 0 Å². The maximum atomic E-state index is 5.91. The Morgan fingerprint density at radius 1 is 1.26 bits per heavy atom. The van der Waals surface area contributed by atoms with Crippen LogP contribution in [0.5, 0.6) is 11.6 Å². The van der Waals surface area contributed by atoms with E-state index in [0.717, 1.165) is 16.9 Å². The molecule has 4 nitrogen and oxygen atoms in total. The molecule has 2 rings (SSSR count). The van der Waals surface area contributed by atoms with Crippen molar-refractivity contribution in [2.45, 2.75) is 33.1 Å². The second-order valence-corrected chi connectivity index (χ2v) is 5.91. The van der Waals surface area contributed by atoms with Crippen LogP contribution in [-0.2, 0) is 12.5 Å². The van der Waals surface area contributed by atoms with Gasteiger partial charge in [0.1, 0.15) is 11.4 Å². The van der Waals surface area contributed by atoms with Crippen molar-refractivity contribution in [1.82, 2.24) is 9.78 Å². The van der Waals surface area contributed by atoms with Gasteiger partial charge in [0.25, 0.3) is 5.88 Å². The molecule has 0 aliphatic rings. The van der Waals surface area contributed by atoms with Gasteiger partial charge in [-0.05, 0) is 24.0 Å². The molecule has 2 N–H and O–H groups in total. The molecule has 0 unspecified atom stereocenters. The Morgan fingerprint density at radius 3 is 2.47 bits per heavy atom. The number of rotatable bonds is 2. The van der Waals surface area contributed by atoms with Crippen LogP contribution in [0.1, 0.15) is 31.9 Å². The molecule has 0 saturated heterocycles. The summed E-state index contributed by atoms with van der Waals surface area (Å²) in [6.45, 7) is 8.52. The lowest BCUT2D eigenvalue weighted by atomic mass is 9.86. The van der Waals surface area contributed by atoms with Gasteiger partial charge < -0.3 is 10.5 Å². The SMILES string of the molecule is Cc1ccc(C(C)(C)C)c(Oc2nn(C)cc2N)c1. The number of ether oxygens (including phenoxy) is 1. The minimum Gasteiger partial charge on any atom is -0.436 e. The third kappa shape index (κ3) is 2.89. The van der Waals surface area contributed by atoms with Gasteiger partial charge in [-0.25, -0.2) is 0 Å². The van der Waals surface area contributed by atoms with Crippen molar-refractivity contribution in [3.63, 3.8) is 0 Å². The lowest BCUT2D eigenvalue weighted by molar-refractivity contribution is 0.434. The van der Waals surface area contributed by atoms with Crippen molar-refractivity contribution < 1.29 is 4.74 Å². The van der Waals surface area contributed by atoms with Crippen LogP contribution in [0.25, 0.3) is 0 Å². The first kappa shape index (κ1) is 13.5. The first-order valence-electron chi connectivity index (χ1n) is 6.35. The molecule has 0 spiro atoms. The highest BCUT2D eigenvalue weighted by molar-refractivity contribution is 5.50. The number of nitrogen functional groups attached to an aromatic ring is 1. The molecular formula is C15H21N3O. The minimum absolute atomic E-state index is 0.00652. The predicted molar refractivity (Wildman–Crippen MR) is 77.6 cm³/mol. The fraction of sp³-hybridized carbons (Fsp3) is 0.400. The maximum Gasteiger partial charge on any atom is 0.261 e. The van der Waals surface area contributed by atoms with Crippen molar-refractivity contribution in [3.05, 3.63) is 35.5 Å². The van der Waals surface area contributed by atoms with Gasteiger partial charge in [-0.2, -0.15) is 0 Å². The summed E-state index contributed by atoms with van der Waals surface area (Å²) in [4.78, 5) is 0. The van der Waals surface area contributed by atoms with E-state index in [2.05, 4.69) is 38.0 Å². The number of benzene rings is 1. The van der Waals surface area contributed by atoms with Gasteiger partial charge in [-0.1, -0.05) is 32.9 Å². The van der Waals surface area contributed by atoms with Gasteiger partial charge >= 0.3 is 0 Å². The summed E-state index contributed by atoms with van der Waals surface area (Å²) < 4.78 is 7.56. The van der Waals surface area contributed by atoms with Gasteiger partial charge in [0.2, 0.25) is 0 Å². The van der Waals surface area contributed by atoms with E-state index in [1.807, 2.05) is 20.0 Å². The zero-order valence-electron chi connectivity index (χ0n) is 12.2. The molecule has 1 heterocycles. The van der Waals surface area contributed by atoms with Crippen LogP contribution < -0.4 is 10.5 Å². The molecular weight excluding hydrogens is 238 g/mol. The number of hydrogen-bond donors (Lipinski definition) is 1. The highest BCUT2D eigenvalue weighted by atomic mass is 16.5. The van der Waals surface area contributed by atoms with Crippen molar-refractivity contribution in [2.24, 2.45) is 7.05 Å². The Kier molecular flexibility index (Phi) is 3.27. The topological polar surface area (TPSA) is 53.1 Å². The maximum absolute atomic E-state index is 5.91. The first-order valence-corrected chi connectivity index (χ1v) is 6.35. The standard InChI is InChI=1S/C15H21N3O/c1-10-6-7-11(15(2,3)4)13(8-10)19-14-12(16)9-18(5)17-14/h6-9H,16H2,1-5H3. The van der Waals surface area contributed by atoms with Crippen LogP contribution in [-0.4, -0.2) is 9.78 Å². The second kappa shape index (κ2) is 4.61. The van der Waals surface area contributed by atoms with Crippen LogP contribution in [0.3, 0.4) is 0 Å². The minimum atomic E-state index is 0.00652. The summed E-state index contributed by atoms with van der Waals surface area (Å²) in [5.41, 5.74) is 8.72. The number of anilines is 1. The van der Waals surface area contributed by atoms with Crippen molar-refractivity contribution in [2.75, 3.05) is 5.73 Å². The van der Waals surface area contributed by atoms with Crippen molar-refractivity contribution in [1.29, 1.82) is 0 Å². The molecule has 0 atom stereocenters. The monoisotopic (exact) mass is 259 g/mol. The quantitative estimate of drug-likeness (QED) is 0.899. The van der Waals surface area contributed by atoms with Gasteiger partial charge in [-0.15, -0.1) is 5.10 Å². The van der Waals surface area contributed by atoms with Crippen molar-refractivity contribution in [3.8, 4) is 11.6 Å². The average Bonchev–Trinajstić information content (AvgIpc) is 2.55. The fourth-order valence-corrected chi connectivity index (χ4v) is 2.00. The highest BCUT2D eigenvalue weighted by Gasteiger charge is 2.20. The summed E-state index contributed by atoms with van der Waals surface area (Å²) in [6.07, 6.45) is 1.74. The Hall–Kier alpha value is -1.97. The Balaban J connectivity index is 2.44. The summed E-state index contributed by atoms with van der Waals surface area (Å²) in [5, 5.41) is 4.23. The number of nitrogens with two attached hydrogens (primary N) is 1. The molecule has 0 amide bonds. The van der Waals surface area contributed by atoms with E-state index in [0.29, 0.717) is 11.6 Å².